The third kappa shape index (κ3) is 6.27. The fourth-order valence-electron chi connectivity index (χ4n) is 2.82. The molecular formula is C20H25ClN2O5S. The van der Waals surface area contributed by atoms with E-state index in [2.05, 4.69) is 5.32 Å². The summed E-state index contributed by atoms with van der Waals surface area (Å²) >= 11 is 6.07. The van der Waals surface area contributed by atoms with Gasteiger partial charge in [-0.1, -0.05) is 23.7 Å². The molecule has 0 aromatic heterocycles. The van der Waals surface area contributed by atoms with Gasteiger partial charge in [-0.15, -0.1) is 0 Å². The number of hydrogen-bond donors (Lipinski definition) is 1. The standard InChI is InChI=1S/C20H25ClN2O5S/c1-14-7-5-8-15(11-14)23(29(4,25)26)10-6-9-20(24)22-17-13-18(27-2)16(21)12-19(17)28-3/h5,7-8,11-13H,6,9-10H2,1-4H3,(H,22,24). The van der Waals surface area contributed by atoms with Crippen LogP contribution in [0, 0.1) is 6.92 Å². The molecule has 0 saturated carbocycles. The van der Waals surface area contributed by atoms with Gasteiger partial charge < -0.3 is 14.8 Å². The van der Waals surface area contributed by atoms with E-state index in [0.29, 0.717) is 34.3 Å². The molecule has 2 aromatic rings. The Hall–Kier alpha value is -2.45. The quantitative estimate of drug-likeness (QED) is 0.640. The highest BCUT2D eigenvalue weighted by Crippen LogP contribution is 2.36. The van der Waals surface area contributed by atoms with Gasteiger partial charge in [-0.05, 0) is 31.0 Å². The van der Waals surface area contributed by atoms with Crippen LogP contribution in [0.5, 0.6) is 11.5 Å². The molecule has 0 aliphatic carbocycles. The van der Waals surface area contributed by atoms with Gasteiger partial charge in [0, 0.05) is 25.1 Å². The predicted octanol–water partition coefficient (Wildman–Crippen LogP) is 3.85. The molecule has 0 saturated heterocycles. The molecule has 1 amide bonds. The van der Waals surface area contributed by atoms with Crippen molar-refractivity contribution < 1.29 is 22.7 Å². The minimum absolute atomic E-state index is 0.131. The Kier molecular flexibility index (Phi) is 7.75. The van der Waals surface area contributed by atoms with Crippen LogP contribution in [-0.4, -0.2) is 41.3 Å². The van der Waals surface area contributed by atoms with Crippen LogP contribution >= 0.6 is 11.6 Å². The summed E-state index contributed by atoms with van der Waals surface area (Å²) in [5, 5.41) is 3.12. The average molecular weight is 441 g/mol. The van der Waals surface area contributed by atoms with Crippen molar-refractivity contribution in [3.63, 3.8) is 0 Å². The number of rotatable bonds is 9. The van der Waals surface area contributed by atoms with Gasteiger partial charge in [0.05, 0.1) is 36.9 Å². The van der Waals surface area contributed by atoms with Crippen LogP contribution in [0.15, 0.2) is 36.4 Å². The zero-order chi connectivity index (χ0) is 21.6. The minimum atomic E-state index is -3.47. The zero-order valence-corrected chi connectivity index (χ0v) is 18.4. The largest absolute Gasteiger partial charge is 0.495 e. The van der Waals surface area contributed by atoms with E-state index in [-0.39, 0.29) is 18.9 Å². The van der Waals surface area contributed by atoms with E-state index in [1.54, 1.807) is 30.3 Å². The third-order valence-electron chi connectivity index (χ3n) is 4.20. The molecule has 7 nitrogen and oxygen atoms in total. The molecule has 0 heterocycles. The van der Waals surface area contributed by atoms with Gasteiger partial charge in [0.15, 0.2) is 0 Å². The number of anilines is 2. The monoisotopic (exact) mass is 440 g/mol. The number of nitrogens with one attached hydrogen (secondary N) is 1. The lowest BCUT2D eigenvalue weighted by Gasteiger charge is -2.22. The highest BCUT2D eigenvalue weighted by molar-refractivity contribution is 7.92. The summed E-state index contributed by atoms with van der Waals surface area (Å²) in [7, 11) is -0.517. The number of methoxy groups -OCH3 is 2. The van der Waals surface area contributed by atoms with Crippen molar-refractivity contribution in [3.8, 4) is 11.5 Å². The van der Waals surface area contributed by atoms with Crippen molar-refractivity contribution in [3.05, 3.63) is 47.0 Å². The first-order valence-electron chi connectivity index (χ1n) is 8.91. The molecule has 0 radical (unpaired) electrons. The lowest BCUT2D eigenvalue weighted by atomic mass is 10.2. The van der Waals surface area contributed by atoms with E-state index < -0.39 is 10.0 Å². The van der Waals surface area contributed by atoms with Crippen LogP contribution in [0.2, 0.25) is 5.02 Å². The molecule has 0 aliphatic heterocycles. The van der Waals surface area contributed by atoms with E-state index in [1.165, 1.54) is 18.5 Å². The number of carbonyl (C=O) groups is 1. The summed E-state index contributed by atoms with van der Waals surface area (Å²) in [6.45, 7) is 2.09. The summed E-state index contributed by atoms with van der Waals surface area (Å²) in [5.41, 5.74) is 1.96. The van der Waals surface area contributed by atoms with Crippen LogP contribution in [0.25, 0.3) is 0 Å². The Labute approximate surface area is 176 Å². The van der Waals surface area contributed by atoms with E-state index in [0.717, 1.165) is 11.8 Å². The van der Waals surface area contributed by atoms with Crippen molar-refractivity contribution in [1.29, 1.82) is 0 Å². The molecule has 0 atom stereocenters. The number of halogens is 1. The van der Waals surface area contributed by atoms with E-state index in [1.807, 2.05) is 13.0 Å². The summed E-state index contributed by atoms with van der Waals surface area (Å²) < 4.78 is 36.1. The number of ether oxygens (including phenoxy) is 2. The molecular weight excluding hydrogens is 416 g/mol. The molecule has 0 fully saturated rings. The van der Waals surface area contributed by atoms with Gasteiger partial charge in [0.1, 0.15) is 11.5 Å². The molecule has 158 valence electrons. The topological polar surface area (TPSA) is 84.9 Å². The zero-order valence-electron chi connectivity index (χ0n) is 16.9. The SMILES string of the molecule is COc1cc(NC(=O)CCCN(c2cccc(C)c2)S(C)(=O)=O)c(OC)cc1Cl. The highest BCUT2D eigenvalue weighted by atomic mass is 35.5. The number of benzene rings is 2. The first kappa shape index (κ1) is 22.8. The minimum Gasteiger partial charge on any atom is -0.495 e. The predicted molar refractivity (Wildman–Crippen MR) is 116 cm³/mol. The Balaban J connectivity index is 2.05. The molecule has 0 unspecified atom stereocenters. The maximum absolute atomic E-state index is 12.4. The van der Waals surface area contributed by atoms with Crippen LogP contribution in [0.4, 0.5) is 11.4 Å². The Morgan fingerprint density at radius 1 is 1.14 bits per heavy atom. The summed E-state index contributed by atoms with van der Waals surface area (Å²) in [6.07, 6.45) is 1.63. The molecule has 2 rings (SSSR count). The second-order valence-corrected chi connectivity index (χ2v) is 8.83. The maximum atomic E-state index is 12.4. The molecule has 1 N–H and O–H groups in total. The van der Waals surface area contributed by atoms with Crippen molar-refractivity contribution in [2.75, 3.05) is 36.6 Å². The summed E-state index contributed by atoms with van der Waals surface area (Å²) in [6, 6.07) is 10.4. The Morgan fingerprint density at radius 3 is 2.41 bits per heavy atom. The van der Waals surface area contributed by atoms with Crippen LogP contribution in [0.3, 0.4) is 0 Å². The highest BCUT2D eigenvalue weighted by Gasteiger charge is 2.18. The maximum Gasteiger partial charge on any atom is 0.232 e. The fourth-order valence-corrected chi connectivity index (χ4v) is 4.01. The van der Waals surface area contributed by atoms with Crippen molar-refractivity contribution in [1.82, 2.24) is 0 Å². The van der Waals surface area contributed by atoms with E-state index in [9.17, 15) is 13.2 Å². The molecule has 2 aromatic carbocycles. The van der Waals surface area contributed by atoms with E-state index >= 15 is 0 Å². The van der Waals surface area contributed by atoms with Crippen molar-refractivity contribution in [2.24, 2.45) is 0 Å². The lowest BCUT2D eigenvalue weighted by molar-refractivity contribution is -0.116. The number of nitrogens with zero attached hydrogens (tertiary/aromatic N) is 1. The number of amides is 1. The first-order valence-corrected chi connectivity index (χ1v) is 11.1. The summed E-state index contributed by atoms with van der Waals surface area (Å²) in [5.74, 6) is 0.539. The van der Waals surface area contributed by atoms with Crippen molar-refractivity contribution in [2.45, 2.75) is 19.8 Å². The molecule has 0 spiro atoms. The molecule has 0 aliphatic rings. The normalized spacial score (nSPS) is 11.1. The van der Waals surface area contributed by atoms with Gasteiger partial charge in [-0.25, -0.2) is 8.42 Å². The fraction of sp³-hybridized carbons (Fsp3) is 0.350. The smallest absolute Gasteiger partial charge is 0.232 e. The number of aryl methyl sites for hydroxylation is 1. The molecule has 0 bridgehead atoms. The number of hydrogen-bond acceptors (Lipinski definition) is 5. The van der Waals surface area contributed by atoms with Gasteiger partial charge >= 0.3 is 0 Å². The Bertz CT molecular complexity index is 979. The molecule has 29 heavy (non-hydrogen) atoms. The van der Waals surface area contributed by atoms with E-state index in [4.69, 9.17) is 21.1 Å². The Morgan fingerprint density at radius 2 is 1.83 bits per heavy atom. The van der Waals surface area contributed by atoms with Gasteiger partial charge in [0.2, 0.25) is 15.9 Å². The van der Waals surface area contributed by atoms with Crippen LogP contribution in [0.1, 0.15) is 18.4 Å². The molecule has 9 heteroatoms. The van der Waals surface area contributed by atoms with Gasteiger partial charge in [-0.3, -0.25) is 9.10 Å². The first-order chi connectivity index (χ1) is 13.7. The van der Waals surface area contributed by atoms with Gasteiger partial charge in [0.25, 0.3) is 0 Å². The third-order valence-corrected chi connectivity index (χ3v) is 5.69. The van der Waals surface area contributed by atoms with Gasteiger partial charge in [-0.2, -0.15) is 0 Å². The number of carbonyl (C=O) groups excluding carboxylic acids is 1. The second kappa shape index (κ2) is 9.84. The van der Waals surface area contributed by atoms with Crippen LogP contribution < -0.4 is 19.1 Å². The van der Waals surface area contributed by atoms with Crippen LogP contribution in [-0.2, 0) is 14.8 Å². The lowest BCUT2D eigenvalue weighted by Crippen LogP contribution is -2.31. The summed E-state index contributed by atoms with van der Waals surface area (Å²) in [4.78, 5) is 12.4. The average Bonchev–Trinajstić information content (AvgIpc) is 2.65. The number of sulfonamides is 1. The second-order valence-electron chi connectivity index (χ2n) is 6.51. The van der Waals surface area contributed by atoms with Crippen molar-refractivity contribution >= 4 is 38.9 Å².